The molecule has 0 spiro atoms. The van der Waals surface area contributed by atoms with Gasteiger partial charge in [0.15, 0.2) is 16.6 Å². The molecule has 30 heavy (non-hydrogen) atoms. The van der Waals surface area contributed by atoms with Crippen LogP contribution in [0.5, 0.6) is 17.2 Å². The fourth-order valence-electron chi connectivity index (χ4n) is 3.65. The number of nitrogens with zero attached hydrogens (tertiary/aromatic N) is 3. The van der Waals surface area contributed by atoms with Crippen molar-refractivity contribution in [1.29, 1.82) is 0 Å². The Balaban J connectivity index is 1.48. The van der Waals surface area contributed by atoms with Crippen molar-refractivity contribution in [1.82, 2.24) is 9.88 Å². The molecule has 158 valence electrons. The molecule has 1 saturated heterocycles. The molecule has 1 fully saturated rings. The van der Waals surface area contributed by atoms with Gasteiger partial charge < -0.3 is 24.0 Å². The number of carbonyl (C=O) groups excluding carboxylic acids is 1. The molecule has 2 aromatic carbocycles. The molecule has 8 heteroatoms. The second kappa shape index (κ2) is 8.39. The summed E-state index contributed by atoms with van der Waals surface area (Å²) in [6.07, 6.45) is 0. The van der Waals surface area contributed by atoms with Gasteiger partial charge in [0.05, 0.1) is 26.0 Å². The molecule has 0 bridgehead atoms. The number of rotatable bonds is 5. The molecule has 0 radical (unpaired) electrons. The highest BCUT2D eigenvalue weighted by Gasteiger charge is 2.25. The van der Waals surface area contributed by atoms with Crippen LogP contribution in [-0.4, -0.2) is 63.3 Å². The lowest BCUT2D eigenvalue weighted by molar-refractivity contribution is 0.0746. The van der Waals surface area contributed by atoms with E-state index in [0.717, 1.165) is 34.2 Å². The molecule has 1 amide bonds. The molecule has 1 aliphatic heterocycles. The number of thiazole rings is 1. The number of aromatic nitrogens is 1. The number of carbonyl (C=O) groups is 1. The predicted octanol–water partition coefficient (Wildman–Crippen LogP) is 3.59. The van der Waals surface area contributed by atoms with E-state index >= 15 is 0 Å². The minimum absolute atomic E-state index is 0.00239. The van der Waals surface area contributed by atoms with Crippen LogP contribution in [0.15, 0.2) is 30.3 Å². The lowest BCUT2D eigenvalue weighted by Crippen LogP contribution is -2.48. The topological polar surface area (TPSA) is 64.1 Å². The standard InChI is InChI=1S/C22H25N3O4S/c1-14-5-7-17(28-3)19-20(14)30-22(23-19)25-11-9-24(10-12-25)21(26)15-6-8-16(27-2)18(13-15)29-4/h5-8,13H,9-12H2,1-4H3. The number of hydrogen-bond donors (Lipinski definition) is 0. The largest absolute Gasteiger partial charge is 0.494 e. The molecule has 0 unspecified atom stereocenters. The van der Waals surface area contributed by atoms with Crippen molar-refractivity contribution in [2.75, 3.05) is 52.4 Å². The van der Waals surface area contributed by atoms with Crippen molar-refractivity contribution < 1.29 is 19.0 Å². The fraction of sp³-hybridized carbons (Fsp3) is 0.364. The van der Waals surface area contributed by atoms with Crippen molar-refractivity contribution in [2.45, 2.75) is 6.92 Å². The number of hydrogen-bond acceptors (Lipinski definition) is 7. The zero-order valence-corrected chi connectivity index (χ0v) is 18.4. The molecule has 1 aromatic heterocycles. The molecule has 0 saturated carbocycles. The van der Waals surface area contributed by atoms with Gasteiger partial charge in [0.1, 0.15) is 11.3 Å². The third-order valence-electron chi connectivity index (χ3n) is 5.38. The Morgan fingerprint density at radius 2 is 1.60 bits per heavy atom. The summed E-state index contributed by atoms with van der Waals surface area (Å²) in [7, 11) is 4.82. The highest BCUT2D eigenvalue weighted by Crippen LogP contribution is 2.36. The lowest BCUT2D eigenvalue weighted by Gasteiger charge is -2.34. The maximum Gasteiger partial charge on any atom is 0.254 e. The molecule has 2 heterocycles. The van der Waals surface area contributed by atoms with Crippen LogP contribution in [-0.2, 0) is 0 Å². The molecule has 7 nitrogen and oxygen atoms in total. The Kier molecular flexibility index (Phi) is 5.67. The summed E-state index contributed by atoms with van der Waals surface area (Å²) in [6, 6.07) is 9.29. The zero-order valence-electron chi connectivity index (χ0n) is 17.6. The van der Waals surface area contributed by atoms with Gasteiger partial charge in [-0.2, -0.15) is 0 Å². The summed E-state index contributed by atoms with van der Waals surface area (Å²) in [6.45, 7) is 4.84. The third kappa shape index (κ3) is 3.63. The number of amides is 1. The van der Waals surface area contributed by atoms with Crippen molar-refractivity contribution in [2.24, 2.45) is 0 Å². The van der Waals surface area contributed by atoms with E-state index in [1.165, 1.54) is 5.56 Å². The first kappa shape index (κ1) is 20.3. The number of anilines is 1. The monoisotopic (exact) mass is 427 g/mol. The van der Waals surface area contributed by atoms with E-state index in [4.69, 9.17) is 19.2 Å². The Morgan fingerprint density at radius 3 is 2.27 bits per heavy atom. The van der Waals surface area contributed by atoms with Gasteiger partial charge in [-0.05, 0) is 36.8 Å². The fourth-order valence-corrected chi connectivity index (χ4v) is 4.75. The van der Waals surface area contributed by atoms with Crippen molar-refractivity contribution >= 4 is 32.6 Å². The molecule has 4 rings (SSSR count). The SMILES string of the molecule is COc1ccc(C(=O)N2CCN(c3nc4c(OC)ccc(C)c4s3)CC2)cc1OC. The number of methoxy groups -OCH3 is 3. The molecule has 0 atom stereocenters. The van der Waals surface area contributed by atoms with Crippen LogP contribution in [0.3, 0.4) is 0 Å². The quantitative estimate of drug-likeness (QED) is 0.620. The van der Waals surface area contributed by atoms with Gasteiger partial charge in [0.2, 0.25) is 0 Å². The van der Waals surface area contributed by atoms with Crippen LogP contribution in [0.2, 0.25) is 0 Å². The predicted molar refractivity (Wildman–Crippen MR) is 119 cm³/mol. The summed E-state index contributed by atoms with van der Waals surface area (Å²) in [5.41, 5.74) is 2.69. The highest BCUT2D eigenvalue weighted by molar-refractivity contribution is 7.22. The van der Waals surface area contributed by atoms with Gasteiger partial charge in [0, 0.05) is 31.7 Å². The van der Waals surface area contributed by atoms with E-state index in [1.807, 2.05) is 11.0 Å². The number of aryl methyl sites for hydroxylation is 1. The number of benzene rings is 2. The Bertz CT molecular complexity index is 1070. The molecular formula is C22H25N3O4S. The van der Waals surface area contributed by atoms with E-state index < -0.39 is 0 Å². The number of ether oxygens (including phenoxy) is 3. The maximum absolute atomic E-state index is 13.0. The summed E-state index contributed by atoms with van der Waals surface area (Å²) in [5, 5.41) is 0.968. The van der Waals surface area contributed by atoms with E-state index in [-0.39, 0.29) is 5.91 Å². The van der Waals surface area contributed by atoms with Crippen LogP contribution in [0.1, 0.15) is 15.9 Å². The van der Waals surface area contributed by atoms with Crippen LogP contribution in [0.4, 0.5) is 5.13 Å². The zero-order chi connectivity index (χ0) is 21.3. The van der Waals surface area contributed by atoms with Gasteiger partial charge in [-0.15, -0.1) is 0 Å². The van der Waals surface area contributed by atoms with E-state index in [2.05, 4.69) is 17.9 Å². The first-order chi connectivity index (χ1) is 14.5. The average molecular weight is 428 g/mol. The minimum Gasteiger partial charge on any atom is -0.494 e. The van der Waals surface area contributed by atoms with Crippen molar-refractivity contribution in [3.63, 3.8) is 0 Å². The second-order valence-corrected chi connectivity index (χ2v) is 8.09. The lowest BCUT2D eigenvalue weighted by atomic mass is 10.1. The van der Waals surface area contributed by atoms with Gasteiger partial charge in [-0.25, -0.2) is 4.98 Å². The Labute approximate surface area is 179 Å². The van der Waals surface area contributed by atoms with Crippen LogP contribution in [0.25, 0.3) is 10.2 Å². The number of piperazine rings is 1. The minimum atomic E-state index is -0.00239. The molecule has 0 N–H and O–H groups in total. The van der Waals surface area contributed by atoms with Crippen LogP contribution >= 0.6 is 11.3 Å². The van der Waals surface area contributed by atoms with Gasteiger partial charge in [0.25, 0.3) is 5.91 Å². The van der Waals surface area contributed by atoms with E-state index in [1.54, 1.807) is 50.9 Å². The van der Waals surface area contributed by atoms with Crippen LogP contribution < -0.4 is 19.1 Å². The van der Waals surface area contributed by atoms with Gasteiger partial charge in [-0.1, -0.05) is 17.4 Å². The molecule has 3 aromatic rings. The normalized spacial score (nSPS) is 14.1. The second-order valence-electron chi connectivity index (χ2n) is 7.11. The first-order valence-corrected chi connectivity index (χ1v) is 10.6. The van der Waals surface area contributed by atoms with E-state index in [0.29, 0.717) is 30.2 Å². The third-order valence-corrected chi connectivity index (χ3v) is 6.63. The first-order valence-electron chi connectivity index (χ1n) is 9.76. The van der Waals surface area contributed by atoms with Crippen molar-refractivity contribution in [3.05, 3.63) is 41.5 Å². The van der Waals surface area contributed by atoms with Crippen molar-refractivity contribution in [3.8, 4) is 17.2 Å². The molecule has 0 aliphatic carbocycles. The average Bonchev–Trinajstić information content (AvgIpc) is 3.25. The summed E-state index contributed by atoms with van der Waals surface area (Å²) in [5.74, 6) is 1.96. The molecular weight excluding hydrogens is 402 g/mol. The van der Waals surface area contributed by atoms with Crippen LogP contribution in [0, 0.1) is 6.92 Å². The van der Waals surface area contributed by atoms with Gasteiger partial charge in [-0.3, -0.25) is 4.79 Å². The smallest absolute Gasteiger partial charge is 0.254 e. The Morgan fingerprint density at radius 1 is 0.933 bits per heavy atom. The summed E-state index contributed by atoms with van der Waals surface area (Å²) in [4.78, 5) is 21.9. The summed E-state index contributed by atoms with van der Waals surface area (Å²) < 4.78 is 17.2. The summed E-state index contributed by atoms with van der Waals surface area (Å²) >= 11 is 1.68. The van der Waals surface area contributed by atoms with E-state index in [9.17, 15) is 4.79 Å². The number of fused-ring (bicyclic) bond motifs is 1. The van der Waals surface area contributed by atoms with Gasteiger partial charge >= 0.3 is 0 Å². The highest BCUT2D eigenvalue weighted by atomic mass is 32.1. The Hall–Kier alpha value is -3.00. The maximum atomic E-state index is 13.0. The molecule has 1 aliphatic rings.